The van der Waals surface area contributed by atoms with E-state index >= 15 is 0 Å². The molecule has 1 heterocycles. The molecule has 18 heavy (non-hydrogen) atoms. The number of nitrogens with one attached hydrogen (secondary N) is 1. The Morgan fingerprint density at radius 2 is 2.33 bits per heavy atom. The highest BCUT2D eigenvalue weighted by atomic mass is 16.4. The second-order valence-electron chi connectivity index (χ2n) is 3.86. The molecule has 0 aromatic carbocycles. The Bertz CT molecular complexity index is 413. The molecule has 0 aliphatic heterocycles. The van der Waals surface area contributed by atoms with Gasteiger partial charge in [0.25, 0.3) is 0 Å². The van der Waals surface area contributed by atoms with Gasteiger partial charge in [-0.25, -0.2) is 4.68 Å². The van der Waals surface area contributed by atoms with Crippen molar-refractivity contribution in [2.24, 2.45) is 11.7 Å². The number of carboxylic acid groups (broad SMARTS) is 1. The van der Waals surface area contributed by atoms with E-state index in [0.717, 1.165) is 0 Å². The Kier molecular flexibility index (Phi) is 5.25. The van der Waals surface area contributed by atoms with Gasteiger partial charge in [-0.15, -0.1) is 5.10 Å². The summed E-state index contributed by atoms with van der Waals surface area (Å²) in [5, 5.41) is 18.6. The van der Waals surface area contributed by atoms with Crippen molar-refractivity contribution in [1.82, 2.24) is 20.3 Å². The van der Waals surface area contributed by atoms with Crippen molar-refractivity contribution in [1.29, 1.82) is 0 Å². The minimum atomic E-state index is -0.996. The van der Waals surface area contributed by atoms with E-state index in [1.54, 1.807) is 0 Å². The van der Waals surface area contributed by atoms with Crippen LogP contribution in [0, 0.1) is 5.92 Å². The summed E-state index contributed by atoms with van der Waals surface area (Å²) in [4.78, 5) is 22.1. The van der Waals surface area contributed by atoms with Gasteiger partial charge < -0.3 is 16.2 Å². The molecule has 0 fully saturated rings. The Morgan fingerprint density at radius 3 is 2.89 bits per heavy atom. The highest BCUT2D eigenvalue weighted by molar-refractivity contribution is 5.78. The van der Waals surface area contributed by atoms with Crippen LogP contribution < -0.4 is 11.1 Å². The van der Waals surface area contributed by atoms with Crippen LogP contribution in [0.3, 0.4) is 0 Å². The number of carbonyl (C=O) groups is 2. The second kappa shape index (κ2) is 6.70. The zero-order valence-corrected chi connectivity index (χ0v) is 10.2. The van der Waals surface area contributed by atoms with E-state index in [2.05, 4.69) is 15.6 Å². The Labute approximate surface area is 104 Å². The molecule has 1 amide bonds. The van der Waals surface area contributed by atoms with Crippen LogP contribution in [-0.2, 0) is 22.7 Å². The molecular formula is C10H17N5O3. The lowest BCUT2D eigenvalue weighted by atomic mass is 10.1. The maximum absolute atomic E-state index is 11.6. The van der Waals surface area contributed by atoms with Crippen molar-refractivity contribution in [3.05, 3.63) is 11.9 Å². The standard InChI is InChI=1S/C10H17N5O3/c1-2-7(3-11)10(18)12-4-8-5-15(14-13-8)6-9(16)17/h5,7H,2-4,6,11H2,1H3,(H,12,18)(H,16,17). The van der Waals surface area contributed by atoms with Crippen LogP contribution >= 0.6 is 0 Å². The molecule has 1 aromatic rings. The third-order valence-electron chi connectivity index (χ3n) is 2.48. The molecule has 8 heteroatoms. The van der Waals surface area contributed by atoms with Crippen LogP contribution in [0.15, 0.2) is 6.20 Å². The summed E-state index contributed by atoms with van der Waals surface area (Å²) < 4.78 is 1.20. The largest absolute Gasteiger partial charge is 0.480 e. The number of carbonyl (C=O) groups excluding carboxylic acids is 1. The molecule has 1 unspecified atom stereocenters. The van der Waals surface area contributed by atoms with Crippen molar-refractivity contribution in [2.45, 2.75) is 26.4 Å². The summed E-state index contributed by atoms with van der Waals surface area (Å²) in [7, 11) is 0. The average Bonchev–Trinajstić information content (AvgIpc) is 2.75. The highest BCUT2D eigenvalue weighted by Gasteiger charge is 2.14. The zero-order valence-electron chi connectivity index (χ0n) is 10.2. The minimum absolute atomic E-state index is 0.132. The average molecular weight is 255 g/mol. The van der Waals surface area contributed by atoms with Gasteiger partial charge in [0.2, 0.25) is 5.91 Å². The molecule has 1 atom stereocenters. The van der Waals surface area contributed by atoms with E-state index in [0.29, 0.717) is 18.7 Å². The number of amides is 1. The lowest BCUT2D eigenvalue weighted by Gasteiger charge is -2.11. The molecule has 0 radical (unpaired) electrons. The lowest BCUT2D eigenvalue weighted by Crippen LogP contribution is -2.34. The summed E-state index contributed by atoms with van der Waals surface area (Å²) in [5.41, 5.74) is 5.96. The fourth-order valence-corrected chi connectivity index (χ4v) is 1.42. The molecule has 0 saturated carbocycles. The number of hydrogen-bond donors (Lipinski definition) is 3. The van der Waals surface area contributed by atoms with E-state index in [9.17, 15) is 9.59 Å². The molecule has 8 nitrogen and oxygen atoms in total. The van der Waals surface area contributed by atoms with E-state index in [1.165, 1.54) is 10.9 Å². The normalized spacial score (nSPS) is 12.1. The Morgan fingerprint density at radius 1 is 1.61 bits per heavy atom. The first-order valence-electron chi connectivity index (χ1n) is 5.65. The minimum Gasteiger partial charge on any atom is -0.480 e. The van der Waals surface area contributed by atoms with Gasteiger partial charge in [0.15, 0.2) is 0 Å². The number of carboxylic acids is 1. The predicted octanol–water partition coefficient (Wildman–Crippen LogP) is -1.04. The predicted molar refractivity (Wildman–Crippen MR) is 62.3 cm³/mol. The molecule has 0 spiro atoms. The highest BCUT2D eigenvalue weighted by Crippen LogP contribution is 2.00. The van der Waals surface area contributed by atoms with Crippen LogP contribution in [0.1, 0.15) is 19.0 Å². The van der Waals surface area contributed by atoms with Crippen molar-refractivity contribution in [2.75, 3.05) is 6.54 Å². The first kappa shape index (κ1) is 14.1. The van der Waals surface area contributed by atoms with Gasteiger partial charge in [-0.05, 0) is 6.42 Å². The molecule has 0 saturated heterocycles. The summed E-state index contributed by atoms with van der Waals surface area (Å²) in [6.45, 7) is 2.16. The van der Waals surface area contributed by atoms with Crippen molar-refractivity contribution in [3.63, 3.8) is 0 Å². The van der Waals surface area contributed by atoms with Crippen molar-refractivity contribution < 1.29 is 14.7 Å². The quantitative estimate of drug-likeness (QED) is 0.572. The second-order valence-corrected chi connectivity index (χ2v) is 3.86. The molecule has 1 aromatic heterocycles. The zero-order chi connectivity index (χ0) is 13.5. The van der Waals surface area contributed by atoms with Gasteiger partial charge >= 0.3 is 5.97 Å². The summed E-state index contributed by atoms with van der Waals surface area (Å²) in [6.07, 6.45) is 2.16. The van der Waals surface area contributed by atoms with Crippen molar-refractivity contribution in [3.8, 4) is 0 Å². The molecule has 0 bridgehead atoms. The third-order valence-corrected chi connectivity index (χ3v) is 2.48. The number of hydrogen-bond acceptors (Lipinski definition) is 5. The van der Waals surface area contributed by atoms with Crippen LogP contribution in [0.2, 0.25) is 0 Å². The molecule has 0 aliphatic rings. The van der Waals surface area contributed by atoms with Crippen LogP contribution in [0.25, 0.3) is 0 Å². The van der Waals surface area contributed by atoms with E-state index < -0.39 is 5.97 Å². The van der Waals surface area contributed by atoms with E-state index in [1.807, 2.05) is 6.92 Å². The van der Waals surface area contributed by atoms with Crippen molar-refractivity contribution >= 4 is 11.9 Å². The first-order chi connectivity index (χ1) is 8.56. The fourth-order valence-electron chi connectivity index (χ4n) is 1.42. The first-order valence-corrected chi connectivity index (χ1v) is 5.65. The van der Waals surface area contributed by atoms with Gasteiger partial charge in [-0.1, -0.05) is 12.1 Å². The molecular weight excluding hydrogens is 238 g/mol. The number of rotatable bonds is 7. The van der Waals surface area contributed by atoms with Crippen LogP contribution in [-0.4, -0.2) is 38.5 Å². The Hall–Kier alpha value is -1.96. The lowest BCUT2D eigenvalue weighted by molar-refractivity contribution is -0.138. The maximum atomic E-state index is 11.6. The number of nitrogens with two attached hydrogens (primary N) is 1. The van der Waals surface area contributed by atoms with Gasteiger partial charge in [0.1, 0.15) is 12.2 Å². The van der Waals surface area contributed by atoms with Gasteiger partial charge in [0.05, 0.1) is 12.7 Å². The van der Waals surface area contributed by atoms with E-state index in [-0.39, 0.29) is 24.9 Å². The fraction of sp³-hybridized carbons (Fsp3) is 0.600. The van der Waals surface area contributed by atoms with E-state index in [4.69, 9.17) is 10.8 Å². The smallest absolute Gasteiger partial charge is 0.325 e. The number of aliphatic carboxylic acids is 1. The van der Waals surface area contributed by atoms with Gasteiger partial charge in [-0.3, -0.25) is 9.59 Å². The molecule has 1 rings (SSSR count). The summed E-state index contributed by atoms with van der Waals surface area (Å²) in [6, 6.07) is 0. The van der Waals surface area contributed by atoms with Crippen LogP contribution in [0.4, 0.5) is 0 Å². The molecule has 4 N–H and O–H groups in total. The maximum Gasteiger partial charge on any atom is 0.325 e. The summed E-state index contributed by atoms with van der Waals surface area (Å²) in [5.74, 6) is -1.34. The number of aromatic nitrogens is 3. The van der Waals surface area contributed by atoms with Crippen LogP contribution in [0.5, 0.6) is 0 Å². The monoisotopic (exact) mass is 255 g/mol. The third kappa shape index (κ3) is 4.13. The topological polar surface area (TPSA) is 123 Å². The summed E-state index contributed by atoms with van der Waals surface area (Å²) >= 11 is 0. The SMILES string of the molecule is CCC(CN)C(=O)NCc1cn(CC(=O)O)nn1. The Balaban J connectivity index is 2.46. The molecule has 100 valence electrons. The number of nitrogens with zero attached hydrogens (tertiary/aromatic N) is 3. The van der Waals surface area contributed by atoms with Gasteiger partial charge in [-0.2, -0.15) is 0 Å². The van der Waals surface area contributed by atoms with Gasteiger partial charge in [0, 0.05) is 12.5 Å². The molecule has 0 aliphatic carbocycles.